The van der Waals surface area contributed by atoms with Gasteiger partial charge in [0.1, 0.15) is 5.75 Å². The van der Waals surface area contributed by atoms with Crippen LogP contribution in [0.15, 0.2) is 82.6 Å². The SMILES string of the molecule is CC(C)c1ccc(OCCCC(=O)Nc2nc(-c3ccc(-c4ccccc4)cc3)cs2)c(Br)c1. The average Bonchev–Trinajstić information content (AvgIpc) is 3.31. The first kappa shape index (κ1) is 24.2. The molecule has 0 radical (unpaired) electrons. The monoisotopic (exact) mass is 534 g/mol. The Morgan fingerprint density at radius 2 is 1.71 bits per heavy atom. The molecule has 4 nitrogen and oxygen atoms in total. The summed E-state index contributed by atoms with van der Waals surface area (Å²) in [7, 11) is 0. The molecule has 0 aliphatic heterocycles. The van der Waals surface area contributed by atoms with Crippen LogP contribution in [0.5, 0.6) is 5.75 Å². The molecular formula is C28H27BrN2O2S. The summed E-state index contributed by atoms with van der Waals surface area (Å²) in [6.45, 7) is 4.80. The fourth-order valence-electron chi connectivity index (χ4n) is 3.52. The smallest absolute Gasteiger partial charge is 0.226 e. The molecule has 0 atom stereocenters. The van der Waals surface area contributed by atoms with E-state index in [1.54, 1.807) is 0 Å². The normalized spacial score (nSPS) is 10.9. The highest BCUT2D eigenvalue weighted by Crippen LogP contribution is 2.30. The molecule has 0 saturated carbocycles. The van der Waals surface area contributed by atoms with E-state index in [1.165, 1.54) is 28.0 Å². The van der Waals surface area contributed by atoms with Crippen molar-refractivity contribution in [2.24, 2.45) is 0 Å². The highest BCUT2D eigenvalue weighted by atomic mass is 79.9. The number of nitrogens with one attached hydrogen (secondary N) is 1. The van der Waals surface area contributed by atoms with Gasteiger partial charge in [-0.25, -0.2) is 4.98 Å². The van der Waals surface area contributed by atoms with Crippen LogP contribution in [0.2, 0.25) is 0 Å². The molecule has 0 aliphatic carbocycles. The number of ether oxygens (including phenoxy) is 1. The van der Waals surface area contributed by atoms with Crippen LogP contribution in [0.4, 0.5) is 5.13 Å². The second-order valence-electron chi connectivity index (χ2n) is 8.33. The van der Waals surface area contributed by atoms with Gasteiger partial charge in [-0.15, -0.1) is 11.3 Å². The van der Waals surface area contributed by atoms with Crippen molar-refractivity contribution < 1.29 is 9.53 Å². The van der Waals surface area contributed by atoms with E-state index < -0.39 is 0 Å². The van der Waals surface area contributed by atoms with Gasteiger partial charge in [0.05, 0.1) is 16.8 Å². The molecule has 0 fully saturated rings. The molecule has 1 aromatic heterocycles. The topological polar surface area (TPSA) is 51.2 Å². The molecule has 1 heterocycles. The van der Waals surface area contributed by atoms with Gasteiger partial charge in [0.25, 0.3) is 0 Å². The number of nitrogens with zero attached hydrogens (tertiary/aromatic N) is 1. The number of aromatic nitrogens is 1. The Balaban J connectivity index is 1.25. The molecule has 34 heavy (non-hydrogen) atoms. The maximum atomic E-state index is 12.3. The maximum Gasteiger partial charge on any atom is 0.226 e. The summed E-state index contributed by atoms with van der Waals surface area (Å²) in [5, 5.41) is 5.48. The molecule has 6 heteroatoms. The molecule has 1 amide bonds. The zero-order valence-corrected chi connectivity index (χ0v) is 21.7. The number of hydrogen-bond donors (Lipinski definition) is 1. The molecule has 3 aromatic carbocycles. The van der Waals surface area contributed by atoms with E-state index in [1.807, 2.05) is 29.6 Å². The van der Waals surface area contributed by atoms with Crippen LogP contribution in [0.3, 0.4) is 0 Å². The summed E-state index contributed by atoms with van der Waals surface area (Å²) in [4.78, 5) is 16.9. The molecular weight excluding hydrogens is 508 g/mol. The van der Waals surface area contributed by atoms with Gasteiger partial charge in [-0.05, 0) is 57.1 Å². The summed E-state index contributed by atoms with van der Waals surface area (Å²) in [5.74, 6) is 1.21. The van der Waals surface area contributed by atoms with Crippen molar-refractivity contribution in [1.29, 1.82) is 0 Å². The van der Waals surface area contributed by atoms with Gasteiger partial charge in [0.2, 0.25) is 5.91 Å². The lowest BCUT2D eigenvalue weighted by atomic mass is 10.0. The molecule has 1 N–H and O–H groups in total. The third kappa shape index (κ3) is 6.33. The van der Waals surface area contributed by atoms with Crippen molar-refractivity contribution >= 4 is 38.3 Å². The number of benzene rings is 3. The second kappa shape index (κ2) is 11.4. The lowest BCUT2D eigenvalue weighted by molar-refractivity contribution is -0.116. The minimum Gasteiger partial charge on any atom is -0.492 e. The molecule has 174 valence electrons. The zero-order valence-electron chi connectivity index (χ0n) is 19.3. The Hall–Kier alpha value is -2.96. The number of hydrogen-bond acceptors (Lipinski definition) is 4. The van der Waals surface area contributed by atoms with E-state index in [-0.39, 0.29) is 5.91 Å². The van der Waals surface area contributed by atoms with Crippen molar-refractivity contribution in [3.05, 3.63) is 88.2 Å². The molecule has 0 saturated heterocycles. The lowest BCUT2D eigenvalue weighted by Crippen LogP contribution is -2.12. The second-order valence-corrected chi connectivity index (χ2v) is 10.0. The Morgan fingerprint density at radius 3 is 2.41 bits per heavy atom. The Kier molecular flexibility index (Phi) is 8.14. The lowest BCUT2D eigenvalue weighted by Gasteiger charge is -2.11. The van der Waals surface area contributed by atoms with E-state index in [0.717, 1.165) is 21.5 Å². The molecule has 4 aromatic rings. The number of rotatable bonds is 9. The van der Waals surface area contributed by atoms with Gasteiger partial charge < -0.3 is 10.1 Å². The van der Waals surface area contributed by atoms with Crippen LogP contribution in [0.25, 0.3) is 22.4 Å². The van der Waals surface area contributed by atoms with E-state index in [4.69, 9.17) is 4.74 Å². The van der Waals surface area contributed by atoms with Crippen molar-refractivity contribution in [2.45, 2.75) is 32.6 Å². The van der Waals surface area contributed by atoms with Gasteiger partial charge in [-0.1, -0.05) is 74.5 Å². The molecule has 4 rings (SSSR count). The van der Waals surface area contributed by atoms with E-state index in [2.05, 4.69) is 88.6 Å². The number of carbonyl (C=O) groups excluding carboxylic acids is 1. The van der Waals surface area contributed by atoms with E-state index in [0.29, 0.717) is 30.5 Å². The molecule has 0 aliphatic rings. The first-order chi connectivity index (χ1) is 16.5. The first-order valence-electron chi connectivity index (χ1n) is 11.3. The van der Waals surface area contributed by atoms with Crippen LogP contribution in [-0.4, -0.2) is 17.5 Å². The third-order valence-corrected chi connectivity index (χ3v) is 6.84. The summed E-state index contributed by atoms with van der Waals surface area (Å²) in [6, 6.07) is 24.7. The minimum atomic E-state index is -0.0573. The van der Waals surface area contributed by atoms with Crippen molar-refractivity contribution in [2.75, 3.05) is 11.9 Å². The maximum absolute atomic E-state index is 12.3. The van der Waals surface area contributed by atoms with Gasteiger partial charge in [-0.3, -0.25) is 4.79 Å². The summed E-state index contributed by atoms with van der Waals surface area (Å²) in [6.07, 6.45) is 1.01. The number of amides is 1. The Bertz CT molecular complexity index is 1240. The molecule has 0 unspecified atom stereocenters. The van der Waals surface area contributed by atoms with Crippen LogP contribution < -0.4 is 10.1 Å². The Labute approximate surface area is 213 Å². The zero-order chi connectivity index (χ0) is 23.9. The Morgan fingerprint density at radius 1 is 1.00 bits per heavy atom. The van der Waals surface area contributed by atoms with Crippen molar-refractivity contribution in [3.8, 4) is 28.1 Å². The molecule has 0 spiro atoms. The first-order valence-corrected chi connectivity index (χ1v) is 13.0. The van der Waals surface area contributed by atoms with Gasteiger partial charge in [0.15, 0.2) is 5.13 Å². The number of thiazole rings is 1. The van der Waals surface area contributed by atoms with E-state index in [9.17, 15) is 4.79 Å². The fourth-order valence-corrected chi connectivity index (χ4v) is 4.76. The standard InChI is InChI=1S/C28H27BrN2O2S/c1-19(2)23-14-15-26(24(29)17-23)33-16-6-9-27(32)31-28-30-25(18-34-28)22-12-10-21(11-13-22)20-7-4-3-5-8-20/h3-5,7-8,10-15,17-19H,6,9,16H2,1-2H3,(H,30,31,32). The van der Waals surface area contributed by atoms with Crippen LogP contribution in [0.1, 0.15) is 38.2 Å². The fraction of sp³-hybridized carbons (Fsp3) is 0.214. The van der Waals surface area contributed by atoms with Crippen LogP contribution >= 0.6 is 27.3 Å². The largest absolute Gasteiger partial charge is 0.492 e. The highest BCUT2D eigenvalue weighted by molar-refractivity contribution is 9.10. The van der Waals surface area contributed by atoms with Gasteiger partial charge >= 0.3 is 0 Å². The predicted octanol–water partition coefficient (Wildman–Crippen LogP) is 8.16. The van der Waals surface area contributed by atoms with Crippen LogP contribution in [-0.2, 0) is 4.79 Å². The summed E-state index contributed by atoms with van der Waals surface area (Å²) < 4.78 is 6.78. The quantitative estimate of drug-likeness (QED) is 0.220. The third-order valence-electron chi connectivity index (χ3n) is 5.47. The van der Waals surface area contributed by atoms with Crippen LogP contribution in [0, 0.1) is 0 Å². The summed E-state index contributed by atoms with van der Waals surface area (Å²) >= 11 is 5.00. The molecule has 0 bridgehead atoms. The van der Waals surface area contributed by atoms with Gasteiger partial charge in [-0.2, -0.15) is 0 Å². The number of halogens is 1. The number of carbonyl (C=O) groups is 1. The number of anilines is 1. The highest BCUT2D eigenvalue weighted by Gasteiger charge is 2.10. The van der Waals surface area contributed by atoms with E-state index >= 15 is 0 Å². The summed E-state index contributed by atoms with van der Waals surface area (Å²) in [5.41, 5.74) is 5.49. The van der Waals surface area contributed by atoms with Crippen molar-refractivity contribution in [1.82, 2.24) is 4.98 Å². The predicted molar refractivity (Wildman–Crippen MR) is 145 cm³/mol. The van der Waals surface area contributed by atoms with Crippen molar-refractivity contribution in [3.63, 3.8) is 0 Å². The minimum absolute atomic E-state index is 0.0573. The average molecular weight is 536 g/mol. The van der Waals surface area contributed by atoms with Gasteiger partial charge in [0, 0.05) is 17.4 Å².